The zero-order chi connectivity index (χ0) is 9.14. The van der Waals surface area contributed by atoms with E-state index in [0.29, 0.717) is 6.04 Å². The highest BCUT2D eigenvalue weighted by Crippen LogP contribution is 2.08. The molecular formula is C8H18N2OS. The van der Waals surface area contributed by atoms with Crippen LogP contribution >= 0.6 is 0 Å². The van der Waals surface area contributed by atoms with Crippen molar-refractivity contribution in [1.82, 2.24) is 4.90 Å². The minimum atomic E-state index is -0.588. The molecule has 12 heavy (non-hydrogen) atoms. The van der Waals surface area contributed by atoms with E-state index in [1.165, 1.54) is 0 Å². The van der Waals surface area contributed by atoms with E-state index in [4.69, 9.17) is 5.73 Å². The second-order valence-electron chi connectivity index (χ2n) is 3.63. The lowest BCUT2D eigenvalue weighted by molar-refractivity contribution is 0.219. The van der Waals surface area contributed by atoms with E-state index >= 15 is 0 Å². The molecule has 1 fully saturated rings. The summed E-state index contributed by atoms with van der Waals surface area (Å²) >= 11 is 0. The first kappa shape index (κ1) is 10.2. The summed E-state index contributed by atoms with van der Waals surface area (Å²) in [5.74, 6) is 1.63. The van der Waals surface area contributed by atoms with Gasteiger partial charge >= 0.3 is 0 Å². The van der Waals surface area contributed by atoms with Gasteiger partial charge in [0, 0.05) is 47.5 Å². The molecular weight excluding hydrogens is 172 g/mol. The van der Waals surface area contributed by atoms with Crippen molar-refractivity contribution in [2.75, 3.05) is 24.6 Å². The number of hydrogen-bond acceptors (Lipinski definition) is 3. The van der Waals surface area contributed by atoms with Gasteiger partial charge in [-0.25, -0.2) is 0 Å². The molecule has 0 bridgehead atoms. The third-order valence-electron chi connectivity index (χ3n) is 2.18. The fourth-order valence-electron chi connectivity index (χ4n) is 1.54. The van der Waals surface area contributed by atoms with Crippen LogP contribution in [0.2, 0.25) is 0 Å². The summed E-state index contributed by atoms with van der Waals surface area (Å²) in [6, 6.07) is 0.657. The standard InChI is InChI=1S/C8H18N2OS/c1-7(9)5-10-3-4-12(11)6-8(10)2/h7-8H,3-6,9H2,1-2H3. The van der Waals surface area contributed by atoms with Gasteiger partial charge in [0.15, 0.2) is 0 Å². The maximum atomic E-state index is 11.2. The SMILES string of the molecule is CC(N)CN1CCS(=O)CC1C. The minimum Gasteiger partial charge on any atom is -0.327 e. The predicted octanol–water partition coefficient (Wildman–Crippen LogP) is -0.214. The van der Waals surface area contributed by atoms with Gasteiger partial charge in [-0.1, -0.05) is 0 Å². The normalized spacial score (nSPS) is 34.9. The summed E-state index contributed by atoms with van der Waals surface area (Å²) in [7, 11) is -0.588. The first-order chi connectivity index (χ1) is 5.59. The molecule has 1 rings (SSSR count). The molecule has 4 heteroatoms. The zero-order valence-corrected chi connectivity index (χ0v) is 8.64. The molecule has 1 aliphatic rings. The van der Waals surface area contributed by atoms with Crippen molar-refractivity contribution in [3.05, 3.63) is 0 Å². The van der Waals surface area contributed by atoms with Crippen LogP contribution in [-0.2, 0) is 10.8 Å². The summed E-state index contributed by atoms with van der Waals surface area (Å²) in [6.07, 6.45) is 0. The Hall–Kier alpha value is 0.0700. The Morgan fingerprint density at radius 2 is 2.42 bits per heavy atom. The molecule has 3 unspecified atom stereocenters. The highest BCUT2D eigenvalue weighted by molar-refractivity contribution is 7.85. The Morgan fingerprint density at radius 1 is 1.75 bits per heavy atom. The van der Waals surface area contributed by atoms with Crippen LogP contribution in [0.4, 0.5) is 0 Å². The molecule has 0 aromatic heterocycles. The van der Waals surface area contributed by atoms with Crippen LogP contribution in [0.3, 0.4) is 0 Å². The molecule has 2 N–H and O–H groups in total. The molecule has 0 radical (unpaired) electrons. The van der Waals surface area contributed by atoms with Crippen molar-refractivity contribution in [3.8, 4) is 0 Å². The van der Waals surface area contributed by atoms with E-state index < -0.39 is 10.8 Å². The third-order valence-corrected chi connectivity index (χ3v) is 3.67. The van der Waals surface area contributed by atoms with E-state index in [-0.39, 0.29) is 6.04 Å². The Bertz CT molecular complexity index is 172. The largest absolute Gasteiger partial charge is 0.327 e. The van der Waals surface area contributed by atoms with Gasteiger partial charge in [-0.05, 0) is 13.8 Å². The van der Waals surface area contributed by atoms with Crippen LogP contribution in [-0.4, -0.2) is 45.8 Å². The predicted molar refractivity (Wildman–Crippen MR) is 52.6 cm³/mol. The van der Waals surface area contributed by atoms with Crippen LogP contribution in [0, 0.1) is 0 Å². The van der Waals surface area contributed by atoms with Crippen LogP contribution in [0.15, 0.2) is 0 Å². The molecule has 0 aliphatic carbocycles. The van der Waals surface area contributed by atoms with E-state index in [1.807, 2.05) is 6.92 Å². The molecule has 3 nitrogen and oxygen atoms in total. The highest BCUT2D eigenvalue weighted by Gasteiger charge is 2.22. The second-order valence-corrected chi connectivity index (χ2v) is 5.25. The lowest BCUT2D eigenvalue weighted by Crippen LogP contribution is -2.48. The molecule has 1 saturated heterocycles. The van der Waals surface area contributed by atoms with Gasteiger partial charge < -0.3 is 5.73 Å². The Kier molecular flexibility index (Phi) is 3.68. The van der Waals surface area contributed by atoms with Gasteiger partial charge in [0.1, 0.15) is 0 Å². The van der Waals surface area contributed by atoms with Gasteiger partial charge in [0.25, 0.3) is 0 Å². The summed E-state index contributed by atoms with van der Waals surface area (Å²) in [5.41, 5.74) is 5.70. The van der Waals surface area contributed by atoms with Crippen molar-refractivity contribution in [2.24, 2.45) is 5.73 Å². The van der Waals surface area contributed by atoms with Gasteiger partial charge in [0.05, 0.1) is 0 Å². The monoisotopic (exact) mass is 190 g/mol. The Labute approximate surface area is 76.8 Å². The first-order valence-corrected chi connectivity index (χ1v) is 5.93. The number of hydrogen-bond donors (Lipinski definition) is 1. The van der Waals surface area contributed by atoms with Gasteiger partial charge in [-0.2, -0.15) is 0 Å². The number of nitrogens with zero attached hydrogens (tertiary/aromatic N) is 1. The van der Waals surface area contributed by atoms with Crippen molar-refractivity contribution < 1.29 is 4.21 Å². The molecule has 72 valence electrons. The van der Waals surface area contributed by atoms with E-state index in [2.05, 4.69) is 11.8 Å². The molecule has 0 spiro atoms. The molecule has 0 amide bonds. The van der Waals surface area contributed by atoms with Gasteiger partial charge in [-0.3, -0.25) is 9.11 Å². The maximum Gasteiger partial charge on any atom is 0.0388 e. The zero-order valence-electron chi connectivity index (χ0n) is 7.82. The number of nitrogens with two attached hydrogens (primary N) is 1. The fourth-order valence-corrected chi connectivity index (χ4v) is 2.89. The quantitative estimate of drug-likeness (QED) is 0.655. The van der Waals surface area contributed by atoms with Crippen LogP contribution in [0.5, 0.6) is 0 Å². The number of rotatable bonds is 2. The van der Waals surface area contributed by atoms with E-state index in [0.717, 1.165) is 24.6 Å². The topological polar surface area (TPSA) is 46.3 Å². The van der Waals surface area contributed by atoms with Crippen molar-refractivity contribution in [2.45, 2.75) is 25.9 Å². The Balaban J connectivity index is 2.39. The molecule has 0 aromatic rings. The summed E-state index contributed by atoms with van der Waals surface area (Å²) < 4.78 is 11.2. The van der Waals surface area contributed by atoms with Crippen molar-refractivity contribution in [1.29, 1.82) is 0 Å². The second kappa shape index (κ2) is 4.35. The molecule has 3 atom stereocenters. The van der Waals surface area contributed by atoms with Gasteiger partial charge in [0.2, 0.25) is 0 Å². The lowest BCUT2D eigenvalue weighted by atomic mass is 10.2. The molecule has 1 aliphatic heterocycles. The first-order valence-electron chi connectivity index (χ1n) is 4.44. The molecule has 0 saturated carbocycles. The van der Waals surface area contributed by atoms with Crippen LogP contribution in [0.25, 0.3) is 0 Å². The third kappa shape index (κ3) is 2.84. The smallest absolute Gasteiger partial charge is 0.0388 e. The average Bonchev–Trinajstić information content (AvgIpc) is 1.94. The van der Waals surface area contributed by atoms with Crippen molar-refractivity contribution >= 4 is 10.8 Å². The van der Waals surface area contributed by atoms with E-state index in [9.17, 15) is 4.21 Å². The molecule has 1 heterocycles. The summed E-state index contributed by atoms with van der Waals surface area (Å²) in [5, 5.41) is 0. The highest BCUT2D eigenvalue weighted by atomic mass is 32.2. The lowest BCUT2D eigenvalue weighted by Gasteiger charge is -2.33. The minimum absolute atomic E-state index is 0.221. The Morgan fingerprint density at radius 3 is 2.92 bits per heavy atom. The summed E-state index contributed by atoms with van der Waals surface area (Å²) in [6.45, 7) is 6.01. The fraction of sp³-hybridized carbons (Fsp3) is 1.00. The molecule has 0 aromatic carbocycles. The average molecular weight is 190 g/mol. The van der Waals surface area contributed by atoms with Gasteiger partial charge in [-0.15, -0.1) is 0 Å². The van der Waals surface area contributed by atoms with Crippen LogP contribution in [0.1, 0.15) is 13.8 Å². The van der Waals surface area contributed by atoms with E-state index in [1.54, 1.807) is 0 Å². The van der Waals surface area contributed by atoms with Crippen molar-refractivity contribution in [3.63, 3.8) is 0 Å². The van der Waals surface area contributed by atoms with Crippen LogP contribution < -0.4 is 5.73 Å². The summed E-state index contributed by atoms with van der Waals surface area (Å²) in [4.78, 5) is 2.33. The maximum absolute atomic E-state index is 11.2.